The molecule has 0 saturated heterocycles. The Labute approximate surface area is 115 Å². The van der Waals surface area contributed by atoms with Gasteiger partial charge in [-0.1, -0.05) is 12.1 Å². The summed E-state index contributed by atoms with van der Waals surface area (Å²) < 4.78 is 10.4. The Bertz CT molecular complexity index is 700. The van der Waals surface area contributed by atoms with Crippen molar-refractivity contribution in [2.24, 2.45) is 4.99 Å². The first-order chi connectivity index (χ1) is 9.78. The summed E-state index contributed by atoms with van der Waals surface area (Å²) in [6.07, 6.45) is 3.14. The van der Waals surface area contributed by atoms with Crippen LogP contribution in [0.2, 0.25) is 0 Å². The van der Waals surface area contributed by atoms with Gasteiger partial charge in [-0.05, 0) is 24.3 Å². The van der Waals surface area contributed by atoms with Gasteiger partial charge in [-0.15, -0.1) is 0 Å². The van der Waals surface area contributed by atoms with Crippen molar-refractivity contribution in [3.8, 4) is 5.75 Å². The SMILES string of the molecule is COc1ccccc1C1=N/C(=C/c2ccco2)C(=O)N1. The number of benzene rings is 1. The number of amidine groups is 1. The predicted molar refractivity (Wildman–Crippen MR) is 74.4 cm³/mol. The van der Waals surface area contributed by atoms with Gasteiger partial charge in [0.05, 0.1) is 18.9 Å². The molecule has 0 spiro atoms. The minimum atomic E-state index is -0.262. The predicted octanol–water partition coefficient (Wildman–Crippen LogP) is 2.21. The van der Waals surface area contributed by atoms with Gasteiger partial charge >= 0.3 is 0 Å². The fourth-order valence-corrected chi connectivity index (χ4v) is 1.94. The first-order valence-corrected chi connectivity index (χ1v) is 6.06. The maximum Gasteiger partial charge on any atom is 0.275 e. The number of carbonyl (C=O) groups excluding carboxylic acids is 1. The van der Waals surface area contributed by atoms with E-state index in [-0.39, 0.29) is 5.91 Å². The normalized spacial score (nSPS) is 16.1. The van der Waals surface area contributed by atoms with Crippen LogP contribution in [0.3, 0.4) is 0 Å². The lowest BCUT2D eigenvalue weighted by Crippen LogP contribution is -2.25. The van der Waals surface area contributed by atoms with E-state index in [4.69, 9.17) is 9.15 Å². The number of carbonyl (C=O) groups is 1. The van der Waals surface area contributed by atoms with Gasteiger partial charge in [-0.3, -0.25) is 4.79 Å². The Hall–Kier alpha value is -2.82. The molecule has 0 saturated carbocycles. The van der Waals surface area contributed by atoms with E-state index in [1.165, 1.54) is 0 Å². The molecular weight excluding hydrogens is 256 g/mol. The van der Waals surface area contributed by atoms with Crippen molar-refractivity contribution in [2.45, 2.75) is 0 Å². The summed E-state index contributed by atoms with van der Waals surface area (Å²) in [6.45, 7) is 0. The third-order valence-corrected chi connectivity index (χ3v) is 2.88. The highest BCUT2D eigenvalue weighted by atomic mass is 16.5. The molecule has 0 aliphatic carbocycles. The van der Waals surface area contributed by atoms with Crippen molar-refractivity contribution in [2.75, 3.05) is 7.11 Å². The highest BCUT2D eigenvalue weighted by molar-refractivity contribution is 6.20. The molecule has 2 aromatic rings. The third kappa shape index (κ3) is 2.21. The van der Waals surface area contributed by atoms with Crippen LogP contribution in [0, 0.1) is 0 Å². The van der Waals surface area contributed by atoms with E-state index in [1.54, 1.807) is 31.6 Å². The molecule has 0 unspecified atom stereocenters. The number of para-hydroxylation sites is 1. The standard InChI is InChI=1S/C15H12N2O3/c1-19-13-7-3-2-6-11(13)14-16-12(15(18)17-14)9-10-5-4-8-20-10/h2-9H,1H3,(H,16,17,18)/b12-9+. The lowest BCUT2D eigenvalue weighted by Gasteiger charge is -2.06. The average molecular weight is 268 g/mol. The molecule has 0 radical (unpaired) electrons. The van der Waals surface area contributed by atoms with Crippen molar-refractivity contribution in [1.82, 2.24) is 5.32 Å². The smallest absolute Gasteiger partial charge is 0.275 e. The van der Waals surface area contributed by atoms with Crippen LogP contribution in [0.5, 0.6) is 5.75 Å². The molecular formula is C15H12N2O3. The van der Waals surface area contributed by atoms with Crippen LogP contribution >= 0.6 is 0 Å². The van der Waals surface area contributed by atoms with E-state index in [1.807, 2.05) is 24.3 Å². The monoisotopic (exact) mass is 268 g/mol. The number of furan rings is 1. The summed E-state index contributed by atoms with van der Waals surface area (Å²) in [7, 11) is 1.58. The van der Waals surface area contributed by atoms with E-state index in [0.717, 1.165) is 5.56 Å². The molecule has 1 N–H and O–H groups in total. The molecule has 3 rings (SSSR count). The number of nitrogens with zero attached hydrogens (tertiary/aromatic N) is 1. The fraction of sp³-hybridized carbons (Fsp3) is 0.0667. The molecule has 1 aromatic heterocycles. The number of rotatable bonds is 3. The number of hydrogen-bond donors (Lipinski definition) is 1. The summed E-state index contributed by atoms with van der Waals surface area (Å²) >= 11 is 0. The molecule has 0 fully saturated rings. The number of aliphatic imine (C=N–C) groups is 1. The van der Waals surface area contributed by atoms with Crippen molar-refractivity contribution in [3.63, 3.8) is 0 Å². The van der Waals surface area contributed by atoms with Gasteiger partial charge in [0.25, 0.3) is 5.91 Å². The van der Waals surface area contributed by atoms with E-state index >= 15 is 0 Å². The number of nitrogens with one attached hydrogen (secondary N) is 1. The molecule has 2 heterocycles. The van der Waals surface area contributed by atoms with Gasteiger partial charge in [0, 0.05) is 6.08 Å². The maximum atomic E-state index is 11.9. The average Bonchev–Trinajstić information content (AvgIpc) is 3.10. The van der Waals surface area contributed by atoms with Gasteiger partial charge in [-0.2, -0.15) is 0 Å². The van der Waals surface area contributed by atoms with Gasteiger partial charge < -0.3 is 14.5 Å². The van der Waals surface area contributed by atoms with Crippen molar-refractivity contribution >= 4 is 17.8 Å². The van der Waals surface area contributed by atoms with E-state index in [9.17, 15) is 4.79 Å². The summed E-state index contributed by atoms with van der Waals surface area (Å²) in [5.74, 6) is 1.46. The molecule has 1 amide bonds. The van der Waals surface area contributed by atoms with Crippen LogP contribution in [0.15, 0.2) is 57.8 Å². The molecule has 1 aliphatic rings. The van der Waals surface area contributed by atoms with Gasteiger partial charge in [-0.25, -0.2) is 4.99 Å². The van der Waals surface area contributed by atoms with Gasteiger partial charge in [0.2, 0.25) is 0 Å². The highest BCUT2D eigenvalue weighted by Crippen LogP contribution is 2.21. The number of methoxy groups -OCH3 is 1. The van der Waals surface area contributed by atoms with Crippen LogP contribution in [0.1, 0.15) is 11.3 Å². The second-order valence-electron chi connectivity index (χ2n) is 4.16. The number of amides is 1. The van der Waals surface area contributed by atoms with Crippen molar-refractivity contribution in [1.29, 1.82) is 0 Å². The Kier molecular flexibility index (Phi) is 3.09. The molecule has 20 heavy (non-hydrogen) atoms. The maximum absolute atomic E-state index is 11.9. The fourth-order valence-electron chi connectivity index (χ4n) is 1.94. The Morgan fingerprint density at radius 1 is 1.25 bits per heavy atom. The Morgan fingerprint density at radius 3 is 2.85 bits per heavy atom. The van der Waals surface area contributed by atoms with Crippen molar-refractivity contribution in [3.05, 3.63) is 59.7 Å². The van der Waals surface area contributed by atoms with Crippen LogP contribution in [0.4, 0.5) is 0 Å². The number of hydrogen-bond acceptors (Lipinski definition) is 4. The zero-order valence-electron chi connectivity index (χ0n) is 10.8. The second-order valence-corrected chi connectivity index (χ2v) is 4.16. The first-order valence-electron chi connectivity index (χ1n) is 6.06. The third-order valence-electron chi connectivity index (χ3n) is 2.88. The van der Waals surface area contributed by atoms with Crippen LogP contribution in [-0.2, 0) is 4.79 Å². The lowest BCUT2D eigenvalue weighted by atomic mass is 10.2. The first kappa shape index (κ1) is 12.2. The Morgan fingerprint density at radius 2 is 2.10 bits per heavy atom. The second kappa shape index (κ2) is 5.05. The quantitative estimate of drug-likeness (QED) is 0.868. The largest absolute Gasteiger partial charge is 0.496 e. The Balaban J connectivity index is 1.98. The molecule has 5 heteroatoms. The lowest BCUT2D eigenvalue weighted by molar-refractivity contribution is -0.115. The molecule has 5 nitrogen and oxygen atoms in total. The molecule has 1 aliphatic heterocycles. The zero-order valence-corrected chi connectivity index (χ0v) is 10.8. The molecule has 1 aromatic carbocycles. The topological polar surface area (TPSA) is 63.8 Å². The van der Waals surface area contributed by atoms with Crippen LogP contribution in [0.25, 0.3) is 6.08 Å². The zero-order chi connectivity index (χ0) is 13.9. The highest BCUT2D eigenvalue weighted by Gasteiger charge is 2.23. The van der Waals surface area contributed by atoms with Crippen LogP contribution in [-0.4, -0.2) is 18.9 Å². The summed E-state index contributed by atoms with van der Waals surface area (Å²) in [6, 6.07) is 10.9. The van der Waals surface area contributed by atoms with Crippen molar-refractivity contribution < 1.29 is 13.9 Å². The molecule has 100 valence electrons. The molecule has 0 bridgehead atoms. The number of ether oxygens (including phenoxy) is 1. The summed E-state index contributed by atoms with van der Waals surface area (Å²) in [4.78, 5) is 16.2. The minimum Gasteiger partial charge on any atom is -0.496 e. The van der Waals surface area contributed by atoms with Gasteiger partial charge in [0.1, 0.15) is 23.0 Å². The van der Waals surface area contributed by atoms with Crippen LogP contribution < -0.4 is 10.1 Å². The van der Waals surface area contributed by atoms with E-state index < -0.39 is 0 Å². The summed E-state index contributed by atoms with van der Waals surface area (Å²) in [5, 5.41) is 2.73. The minimum absolute atomic E-state index is 0.262. The van der Waals surface area contributed by atoms with E-state index in [2.05, 4.69) is 10.3 Å². The van der Waals surface area contributed by atoms with Gasteiger partial charge in [0.15, 0.2) is 0 Å². The van der Waals surface area contributed by atoms with E-state index in [0.29, 0.717) is 23.0 Å². The molecule has 0 atom stereocenters. The summed E-state index contributed by atoms with van der Waals surface area (Å²) in [5.41, 5.74) is 1.05.